The van der Waals surface area contributed by atoms with Crippen molar-refractivity contribution in [2.45, 2.75) is 45.6 Å². The molecule has 0 aliphatic carbocycles. The highest BCUT2D eigenvalue weighted by Crippen LogP contribution is 2.32. The number of amides is 2. The molecule has 8 nitrogen and oxygen atoms in total. The third kappa shape index (κ3) is 4.89. The van der Waals surface area contributed by atoms with Crippen LogP contribution in [0, 0.1) is 5.92 Å². The summed E-state index contributed by atoms with van der Waals surface area (Å²) in [6.45, 7) is 3.69. The van der Waals surface area contributed by atoms with Gasteiger partial charge in [0.15, 0.2) is 5.82 Å². The molecule has 5 rings (SSSR count). The SMILES string of the molecule is CCOc1ccc(N2CC(C(=O)Nc3ccc(Cl)c(-c4nnc5n4CCCCC5)c3)CC2=O)cc1. The van der Waals surface area contributed by atoms with Crippen LogP contribution >= 0.6 is 11.6 Å². The van der Waals surface area contributed by atoms with Crippen LogP contribution in [-0.4, -0.2) is 39.7 Å². The first-order chi connectivity index (χ1) is 17.0. The number of hydrogen-bond donors (Lipinski definition) is 1. The molecule has 1 N–H and O–H groups in total. The van der Waals surface area contributed by atoms with E-state index in [0.717, 1.165) is 54.5 Å². The van der Waals surface area contributed by atoms with Crippen molar-refractivity contribution >= 4 is 34.8 Å². The summed E-state index contributed by atoms with van der Waals surface area (Å²) in [6.07, 6.45) is 4.42. The summed E-state index contributed by atoms with van der Waals surface area (Å²) in [5, 5.41) is 12.3. The molecule has 2 aromatic carbocycles. The van der Waals surface area contributed by atoms with Gasteiger partial charge in [-0.2, -0.15) is 0 Å². The minimum atomic E-state index is -0.447. The van der Waals surface area contributed by atoms with Gasteiger partial charge in [0.2, 0.25) is 11.8 Å². The number of aryl methyl sites for hydroxylation is 1. The van der Waals surface area contributed by atoms with Crippen LogP contribution in [0.1, 0.15) is 38.4 Å². The van der Waals surface area contributed by atoms with Crippen molar-refractivity contribution in [3.63, 3.8) is 0 Å². The normalized spacial score (nSPS) is 17.7. The van der Waals surface area contributed by atoms with Crippen LogP contribution in [-0.2, 0) is 22.6 Å². The molecule has 3 aromatic rings. The predicted molar refractivity (Wildman–Crippen MR) is 135 cm³/mol. The van der Waals surface area contributed by atoms with Gasteiger partial charge >= 0.3 is 0 Å². The summed E-state index contributed by atoms with van der Waals surface area (Å²) >= 11 is 6.52. The van der Waals surface area contributed by atoms with E-state index in [1.54, 1.807) is 17.0 Å². The number of aromatic nitrogens is 3. The maximum absolute atomic E-state index is 13.1. The second-order valence-corrected chi connectivity index (χ2v) is 9.33. The first kappa shape index (κ1) is 23.4. The molecule has 0 spiro atoms. The van der Waals surface area contributed by atoms with Crippen molar-refractivity contribution in [3.05, 3.63) is 53.3 Å². The lowest BCUT2D eigenvalue weighted by molar-refractivity contribution is -0.122. The molecule has 1 atom stereocenters. The van der Waals surface area contributed by atoms with Crippen LogP contribution in [0.5, 0.6) is 5.75 Å². The van der Waals surface area contributed by atoms with E-state index in [2.05, 4.69) is 20.1 Å². The summed E-state index contributed by atoms with van der Waals surface area (Å²) in [7, 11) is 0. The molecule has 2 amide bonds. The van der Waals surface area contributed by atoms with E-state index in [-0.39, 0.29) is 18.2 Å². The number of halogens is 1. The maximum atomic E-state index is 13.1. The van der Waals surface area contributed by atoms with Gasteiger partial charge < -0.3 is 19.5 Å². The molecule has 3 heterocycles. The highest BCUT2D eigenvalue weighted by atomic mass is 35.5. The fourth-order valence-corrected chi connectivity index (χ4v) is 4.93. The number of fused-ring (bicyclic) bond motifs is 1. The number of anilines is 2. The van der Waals surface area contributed by atoms with E-state index in [1.807, 2.05) is 37.3 Å². The van der Waals surface area contributed by atoms with Crippen LogP contribution in [0.25, 0.3) is 11.4 Å². The molecule has 9 heteroatoms. The molecule has 0 saturated carbocycles. The Morgan fingerprint density at radius 3 is 2.77 bits per heavy atom. The number of carbonyl (C=O) groups excluding carboxylic acids is 2. The lowest BCUT2D eigenvalue weighted by atomic mass is 10.1. The highest BCUT2D eigenvalue weighted by molar-refractivity contribution is 6.33. The molecule has 182 valence electrons. The van der Waals surface area contributed by atoms with Gasteiger partial charge in [-0.25, -0.2) is 0 Å². The predicted octanol–water partition coefficient (Wildman–Crippen LogP) is 4.72. The molecule has 1 aromatic heterocycles. The zero-order valence-corrected chi connectivity index (χ0v) is 20.4. The molecular weight excluding hydrogens is 466 g/mol. The van der Waals surface area contributed by atoms with E-state index in [9.17, 15) is 9.59 Å². The van der Waals surface area contributed by atoms with E-state index >= 15 is 0 Å². The molecule has 35 heavy (non-hydrogen) atoms. The number of hydrogen-bond acceptors (Lipinski definition) is 5. The molecule has 1 fully saturated rings. The van der Waals surface area contributed by atoms with Gasteiger partial charge in [-0.05, 0) is 62.2 Å². The molecule has 2 aliphatic rings. The number of ether oxygens (including phenoxy) is 1. The number of carbonyl (C=O) groups is 2. The average molecular weight is 494 g/mol. The van der Waals surface area contributed by atoms with Crippen LogP contribution in [0.2, 0.25) is 5.02 Å². The average Bonchev–Trinajstić information content (AvgIpc) is 3.36. The highest BCUT2D eigenvalue weighted by Gasteiger charge is 2.35. The quantitative estimate of drug-likeness (QED) is 0.537. The van der Waals surface area contributed by atoms with Crippen molar-refractivity contribution in [2.75, 3.05) is 23.4 Å². The minimum absolute atomic E-state index is 0.0720. The Morgan fingerprint density at radius 1 is 1.14 bits per heavy atom. The second kappa shape index (κ2) is 10.1. The number of rotatable bonds is 6. The first-order valence-corrected chi connectivity index (χ1v) is 12.5. The lowest BCUT2D eigenvalue weighted by Gasteiger charge is -2.17. The lowest BCUT2D eigenvalue weighted by Crippen LogP contribution is -2.28. The van der Waals surface area contributed by atoms with E-state index < -0.39 is 5.92 Å². The Balaban J connectivity index is 1.30. The Labute approximate surface area is 209 Å². The van der Waals surface area contributed by atoms with Gasteiger partial charge in [0.1, 0.15) is 11.6 Å². The fraction of sp³-hybridized carbons (Fsp3) is 0.385. The molecule has 0 bridgehead atoms. The largest absolute Gasteiger partial charge is 0.494 e. The van der Waals surface area contributed by atoms with Crippen molar-refractivity contribution in [3.8, 4) is 17.1 Å². The van der Waals surface area contributed by atoms with Gasteiger partial charge in [-0.3, -0.25) is 9.59 Å². The van der Waals surface area contributed by atoms with E-state index in [0.29, 0.717) is 23.9 Å². The van der Waals surface area contributed by atoms with Crippen LogP contribution in [0.4, 0.5) is 11.4 Å². The zero-order chi connectivity index (χ0) is 24.4. The Morgan fingerprint density at radius 2 is 1.97 bits per heavy atom. The van der Waals surface area contributed by atoms with Gasteiger partial charge in [-0.1, -0.05) is 18.0 Å². The molecular formula is C26H28ClN5O3. The van der Waals surface area contributed by atoms with Crippen molar-refractivity contribution in [2.24, 2.45) is 5.92 Å². The van der Waals surface area contributed by atoms with Gasteiger partial charge in [-0.15, -0.1) is 10.2 Å². The number of nitrogens with one attached hydrogen (secondary N) is 1. The Bertz CT molecular complexity index is 1240. The van der Waals surface area contributed by atoms with Gasteiger partial charge in [0.25, 0.3) is 0 Å². The summed E-state index contributed by atoms with van der Waals surface area (Å²) in [5.41, 5.74) is 2.12. The zero-order valence-electron chi connectivity index (χ0n) is 19.7. The van der Waals surface area contributed by atoms with Crippen molar-refractivity contribution in [1.82, 2.24) is 14.8 Å². The standard InChI is InChI=1S/C26H28ClN5O3/c1-2-35-20-10-8-19(9-11-20)32-16-17(14-24(32)33)26(34)28-18-7-12-22(27)21(15-18)25-30-29-23-6-4-3-5-13-31(23)25/h7-12,15,17H,2-6,13-14,16H2,1H3,(H,28,34). The number of benzene rings is 2. The van der Waals surface area contributed by atoms with Crippen LogP contribution in [0.15, 0.2) is 42.5 Å². The van der Waals surface area contributed by atoms with Gasteiger partial charge in [0, 0.05) is 42.9 Å². The summed E-state index contributed by atoms with van der Waals surface area (Å²) < 4.78 is 7.60. The minimum Gasteiger partial charge on any atom is -0.494 e. The third-order valence-electron chi connectivity index (χ3n) is 6.54. The summed E-state index contributed by atoms with van der Waals surface area (Å²) in [6, 6.07) is 12.7. The van der Waals surface area contributed by atoms with Crippen LogP contribution in [0.3, 0.4) is 0 Å². The number of nitrogens with zero attached hydrogens (tertiary/aromatic N) is 4. The molecule has 1 saturated heterocycles. The fourth-order valence-electron chi connectivity index (χ4n) is 4.72. The smallest absolute Gasteiger partial charge is 0.229 e. The topological polar surface area (TPSA) is 89.3 Å². The van der Waals surface area contributed by atoms with E-state index in [1.165, 1.54) is 6.42 Å². The maximum Gasteiger partial charge on any atom is 0.229 e. The molecule has 1 unspecified atom stereocenters. The van der Waals surface area contributed by atoms with Crippen molar-refractivity contribution < 1.29 is 14.3 Å². The first-order valence-electron chi connectivity index (χ1n) is 12.1. The Kier molecular flexibility index (Phi) is 6.72. The summed E-state index contributed by atoms with van der Waals surface area (Å²) in [5.74, 6) is 1.73. The monoisotopic (exact) mass is 493 g/mol. The van der Waals surface area contributed by atoms with Crippen LogP contribution < -0.4 is 15.0 Å². The summed E-state index contributed by atoms with van der Waals surface area (Å²) in [4.78, 5) is 27.4. The van der Waals surface area contributed by atoms with E-state index in [4.69, 9.17) is 16.3 Å². The third-order valence-corrected chi connectivity index (χ3v) is 6.87. The van der Waals surface area contributed by atoms with Crippen molar-refractivity contribution in [1.29, 1.82) is 0 Å². The second-order valence-electron chi connectivity index (χ2n) is 8.92. The molecule has 0 radical (unpaired) electrons. The van der Waals surface area contributed by atoms with Gasteiger partial charge in [0.05, 0.1) is 17.5 Å². The molecule has 2 aliphatic heterocycles. The Hall–Kier alpha value is -3.39.